The van der Waals surface area contributed by atoms with Gasteiger partial charge in [-0.1, -0.05) is 43.8 Å². The van der Waals surface area contributed by atoms with Gasteiger partial charge >= 0.3 is 5.97 Å². The minimum Gasteiger partial charge on any atom is -0.459 e. The van der Waals surface area contributed by atoms with Gasteiger partial charge in [0.1, 0.15) is 0 Å². The largest absolute Gasteiger partial charge is 0.459 e. The Morgan fingerprint density at radius 2 is 1.81 bits per heavy atom. The van der Waals surface area contributed by atoms with Crippen LogP contribution in [0.25, 0.3) is 22.3 Å². The van der Waals surface area contributed by atoms with Crippen LogP contribution in [0, 0.1) is 12.8 Å². The molecule has 1 aromatic carbocycles. The van der Waals surface area contributed by atoms with Crippen molar-refractivity contribution in [3.05, 3.63) is 72.1 Å². The highest BCUT2D eigenvalue weighted by atomic mass is 16.5. The van der Waals surface area contributed by atoms with Crippen LogP contribution in [0.5, 0.6) is 0 Å². The lowest BCUT2D eigenvalue weighted by Gasteiger charge is -2.34. The maximum Gasteiger partial charge on any atom is 0.338 e. The van der Waals surface area contributed by atoms with Crippen LogP contribution in [0.4, 0.5) is 0 Å². The van der Waals surface area contributed by atoms with E-state index in [1.54, 1.807) is 0 Å². The van der Waals surface area contributed by atoms with Gasteiger partial charge in [-0.15, -0.1) is 0 Å². The molecule has 31 heavy (non-hydrogen) atoms. The fraction of sp³-hybridized carbons (Fsp3) is 0.370. The van der Waals surface area contributed by atoms with Gasteiger partial charge in [-0.05, 0) is 62.8 Å². The molecule has 162 valence electrons. The monoisotopic (exact) mass is 416 g/mol. The third-order valence-corrected chi connectivity index (χ3v) is 6.29. The smallest absolute Gasteiger partial charge is 0.338 e. The molecule has 3 heterocycles. The fourth-order valence-corrected chi connectivity index (χ4v) is 4.48. The van der Waals surface area contributed by atoms with E-state index < -0.39 is 0 Å². The van der Waals surface area contributed by atoms with E-state index in [1.807, 2.05) is 45.0 Å². The van der Waals surface area contributed by atoms with E-state index in [9.17, 15) is 4.79 Å². The van der Waals surface area contributed by atoms with E-state index in [2.05, 4.69) is 47.2 Å². The summed E-state index contributed by atoms with van der Waals surface area (Å²) < 4.78 is 7.78. The van der Waals surface area contributed by atoms with Gasteiger partial charge in [-0.3, -0.25) is 0 Å². The van der Waals surface area contributed by atoms with Crippen molar-refractivity contribution in [1.29, 1.82) is 0 Å². The molecule has 2 aromatic heterocycles. The highest BCUT2D eigenvalue weighted by Crippen LogP contribution is 2.34. The second-order valence-corrected chi connectivity index (χ2v) is 8.95. The van der Waals surface area contributed by atoms with Gasteiger partial charge in [0.25, 0.3) is 0 Å². The SMILES string of the molecule is C=C(c1c(C)c(C(=O)OC(C)C)cc2c(-c3ccccc3)ccn12)N1CCC(C)CC1. The number of fused-ring (bicyclic) bond motifs is 1. The van der Waals surface area contributed by atoms with Gasteiger partial charge in [0.05, 0.1) is 28.6 Å². The first-order valence-corrected chi connectivity index (χ1v) is 11.2. The number of hydrogen-bond donors (Lipinski definition) is 0. The Balaban J connectivity index is 1.89. The van der Waals surface area contributed by atoms with Gasteiger partial charge in [-0.25, -0.2) is 4.79 Å². The first-order valence-electron chi connectivity index (χ1n) is 11.2. The number of ether oxygens (including phenoxy) is 1. The molecule has 0 unspecified atom stereocenters. The first kappa shape index (κ1) is 21.2. The second kappa shape index (κ2) is 8.62. The Hall–Kier alpha value is -3.01. The lowest BCUT2D eigenvalue weighted by molar-refractivity contribution is 0.0377. The van der Waals surface area contributed by atoms with Crippen molar-refractivity contribution < 1.29 is 9.53 Å². The third kappa shape index (κ3) is 4.12. The average Bonchev–Trinajstić information content (AvgIpc) is 3.17. The number of carbonyl (C=O) groups excluding carboxylic acids is 1. The summed E-state index contributed by atoms with van der Waals surface area (Å²) in [6, 6.07) is 14.4. The summed E-state index contributed by atoms with van der Waals surface area (Å²) in [5, 5.41) is 0. The van der Waals surface area contributed by atoms with E-state index in [-0.39, 0.29) is 12.1 Å². The molecule has 0 spiro atoms. The van der Waals surface area contributed by atoms with E-state index in [0.717, 1.165) is 65.4 Å². The van der Waals surface area contributed by atoms with Crippen molar-refractivity contribution in [1.82, 2.24) is 9.30 Å². The highest BCUT2D eigenvalue weighted by Gasteiger charge is 2.25. The van der Waals surface area contributed by atoms with E-state index in [0.29, 0.717) is 5.56 Å². The average molecular weight is 417 g/mol. The lowest BCUT2D eigenvalue weighted by Crippen LogP contribution is -2.32. The highest BCUT2D eigenvalue weighted by molar-refractivity contribution is 5.96. The number of aromatic nitrogens is 1. The summed E-state index contributed by atoms with van der Waals surface area (Å²) in [5.74, 6) is 0.463. The number of esters is 1. The molecule has 0 aliphatic carbocycles. The van der Waals surface area contributed by atoms with E-state index >= 15 is 0 Å². The number of pyridine rings is 1. The van der Waals surface area contributed by atoms with Crippen molar-refractivity contribution in [2.24, 2.45) is 5.92 Å². The molecule has 0 amide bonds. The van der Waals surface area contributed by atoms with Crippen molar-refractivity contribution in [3.63, 3.8) is 0 Å². The number of benzene rings is 1. The normalized spacial score (nSPS) is 14.9. The van der Waals surface area contributed by atoms with E-state index in [4.69, 9.17) is 4.74 Å². The maximum atomic E-state index is 13.0. The Labute approximate surface area is 185 Å². The fourth-order valence-electron chi connectivity index (χ4n) is 4.48. The predicted octanol–water partition coefficient (Wildman–Crippen LogP) is 6.18. The van der Waals surface area contributed by atoms with Crippen LogP contribution in [0.15, 0.2) is 55.2 Å². The summed E-state index contributed by atoms with van der Waals surface area (Å²) in [6.07, 6.45) is 4.25. The van der Waals surface area contributed by atoms with Crippen LogP contribution in [0.3, 0.4) is 0 Å². The van der Waals surface area contributed by atoms with Crippen LogP contribution in [0.2, 0.25) is 0 Å². The summed E-state index contributed by atoms with van der Waals surface area (Å²) in [6.45, 7) is 14.5. The molecular formula is C27H32N2O2. The summed E-state index contributed by atoms with van der Waals surface area (Å²) in [5.41, 5.74) is 6.71. The molecular weight excluding hydrogens is 384 g/mol. The molecule has 0 saturated carbocycles. The quantitative estimate of drug-likeness (QED) is 0.466. The molecule has 0 radical (unpaired) electrons. The predicted molar refractivity (Wildman–Crippen MR) is 127 cm³/mol. The van der Waals surface area contributed by atoms with Gasteiger partial charge < -0.3 is 14.0 Å². The lowest BCUT2D eigenvalue weighted by atomic mass is 9.97. The molecule has 4 nitrogen and oxygen atoms in total. The standard InChI is InChI=1S/C27H32N2O2/c1-18(2)31-27(30)24-17-25-23(22-9-7-6-8-10-22)13-16-29(25)26(20(24)4)21(5)28-14-11-19(3)12-15-28/h6-10,13,16-19H,5,11-12,14-15H2,1-4H3. The summed E-state index contributed by atoms with van der Waals surface area (Å²) in [4.78, 5) is 15.4. The molecule has 1 aliphatic rings. The Morgan fingerprint density at radius 1 is 1.13 bits per heavy atom. The van der Waals surface area contributed by atoms with E-state index in [1.165, 1.54) is 0 Å². The molecule has 1 fully saturated rings. The van der Waals surface area contributed by atoms with Crippen molar-refractivity contribution >= 4 is 17.2 Å². The molecule has 0 atom stereocenters. The zero-order valence-electron chi connectivity index (χ0n) is 19.0. The van der Waals surface area contributed by atoms with Gasteiger partial charge in [0, 0.05) is 24.8 Å². The number of carbonyl (C=O) groups is 1. The zero-order valence-corrected chi connectivity index (χ0v) is 19.0. The molecule has 3 aromatic rings. The van der Waals surface area contributed by atoms with Crippen LogP contribution in [-0.2, 0) is 4.74 Å². The molecule has 1 aliphatic heterocycles. The van der Waals surface area contributed by atoms with Gasteiger partial charge in [0.2, 0.25) is 0 Å². The van der Waals surface area contributed by atoms with Crippen LogP contribution >= 0.6 is 0 Å². The summed E-state index contributed by atoms with van der Waals surface area (Å²) in [7, 11) is 0. The van der Waals surface area contributed by atoms with Gasteiger partial charge in [-0.2, -0.15) is 0 Å². The Kier molecular flexibility index (Phi) is 5.90. The van der Waals surface area contributed by atoms with Crippen LogP contribution in [-0.4, -0.2) is 34.5 Å². The van der Waals surface area contributed by atoms with Crippen molar-refractivity contribution in [2.75, 3.05) is 13.1 Å². The van der Waals surface area contributed by atoms with Gasteiger partial charge in [0.15, 0.2) is 0 Å². The number of likely N-dealkylation sites (tertiary alicyclic amines) is 1. The minimum absolute atomic E-state index is 0.168. The molecule has 0 N–H and O–H groups in total. The molecule has 4 heteroatoms. The first-order chi connectivity index (χ1) is 14.9. The summed E-state index contributed by atoms with van der Waals surface area (Å²) >= 11 is 0. The van der Waals surface area contributed by atoms with Crippen molar-refractivity contribution in [3.8, 4) is 11.1 Å². The number of rotatable bonds is 5. The second-order valence-electron chi connectivity index (χ2n) is 8.95. The molecule has 1 saturated heterocycles. The number of piperidine rings is 1. The topological polar surface area (TPSA) is 34.0 Å². The number of nitrogens with zero attached hydrogens (tertiary/aromatic N) is 2. The van der Waals surface area contributed by atoms with Crippen LogP contribution < -0.4 is 0 Å². The minimum atomic E-state index is -0.281. The Bertz CT molecular complexity index is 1100. The maximum absolute atomic E-state index is 13.0. The zero-order chi connectivity index (χ0) is 22.1. The van der Waals surface area contributed by atoms with Crippen molar-refractivity contribution in [2.45, 2.75) is 46.6 Å². The van der Waals surface area contributed by atoms with Crippen LogP contribution in [0.1, 0.15) is 55.2 Å². The third-order valence-electron chi connectivity index (χ3n) is 6.29. The Morgan fingerprint density at radius 3 is 2.45 bits per heavy atom. The molecule has 0 bridgehead atoms. The number of hydrogen-bond acceptors (Lipinski definition) is 3. The molecule has 4 rings (SSSR count).